The van der Waals surface area contributed by atoms with E-state index in [0.29, 0.717) is 5.56 Å². The SMILES string of the molecule is CCNC1CCCc2sc(-c3ccc(F)c(F)c3Br)nc21. The highest BCUT2D eigenvalue weighted by atomic mass is 79.9. The third-order valence-corrected chi connectivity index (χ3v) is 5.61. The Labute approximate surface area is 134 Å². The van der Waals surface area contributed by atoms with Gasteiger partial charge in [-0.2, -0.15) is 0 Å². The van der Waals surface area contributed by atoms with Gasteiger partial charge in [-0.1, -0.05) is 6.92 Å². The second-order valence-electron chi connectivity index (χ2n) is 5.05. The molecule has 0 bridgehead atoms. The van der Waals surface area contributed by atoms with Crippen LogP contribution in [-0.4, -0.2) is 11.5 Å². The molecule has 1 unspecified atom stereocenters. The molecule has 21 heavy (non-hydrogen) atoms. The summed E-state index contributed by atoms with van der Waals surface area (Å²) in [6.07, 6.45) is 3.21. The number of nitrogens with zero attached hydrogens (tertiary/aromatic N) is 1. The van der Waals surface area contributed by atoms with Crippen LogP contribution < -0.4 is 5.32 Å². The zero-order chi connectivity index (χ0) is 15.0. The molecule has 1 aliphatic carbocycles. The Morgan fingerprint density at radius 3 is 3.00 bits per heavy atom. The van der Waals surface area contributed by atoms with Crippen molar-refractivity contribution in [1.29, 1.82) is 0 Å². The zero-order valence-corrected chi connectivity index (χ0v) is 14.0. The quantitative estimate of drug-likeness (QED) is 0.779. The lowest BCUT2D eigenvalue weighted by Gasteiger charge is -2.21. The smallest absolute Gasteiger partial charge is 0.173 e. The minimum absolute atomic E-state index is 0.147. The van der Waals surface area contributed by atoms with E-state index >= 15 is 0 Å². The first-order valence-corrected chi connectivity index (χ1v) is 8.59. The summed E-state index contributed by atoms with van der Waals surface area (Å²) in [6.45, 7) is 2.97. The number of halogens is 3. The average molecular weight is 373 g/mol. The molecule has 6 heteroatoms. The van der Waals surface area contributed by atoms with E-state index in [4.69, 9.17) is 0 Å². The highest BCUT2D eigenvalue weighted by Gasteiger charge is 2.25. The predicted molar refractivity (Wildman–Crippen MR) is 84.5 cm³/mol. The molecule has 0 aliphatic heterocycles. The summed E-state index contributed by atoms with van der Waals surface area (Å²) in [4.78, 5) is 5.94. The van der Waals surface area contributed by atoms with Gasteiger partial charge in [-0.05, 0) is 53.9 Å². The molecule has 2 nitrogen and oxygen atoms in total. The van der Waals surface area contributed by atoms with Gasteiger partial charge in [0.15, 0.2) is 11.6 Å². The molecule has 1 N–H and O–H groups in total. The van der Waals surface area contributed by atoms with E-state index in [1.165, 1.54) is 4.88 Å². The van der Waals surface area contributed by atoms with Gasteiger partial charge >= 0.3 is 0 Å². The van der Waals surface area contributed by atoms with Crippen LogP contribution in [-0.2, 0) is 6.42 Å². The molecule has 0 fully saturated rings. The molecule has 112 valence electrons. The van der Waals surface area contributed by atoms with Crippen molar-refractivity contribution in [2.24, 2.45) is 0 Å². The molecule has 1 aromatic carbocycles. The van der Waals surface area contributed by atoms with Crippen LogP contribution in [0.1, 0.15) is 36.4 Å². The lowest BCUT2D eigenvalue weighted by molar-refractivity contribution is 0.465. The van der Waals surface area contributed by atoms with E-state index in [0.717, 1.165) is 42.6 Å². The summed E-state index contributed by atoms with van der Waals surface area (Å²) < 4.78 is 27.1. The Bertz CT molecular complexity index is 672. The van der Waals surface area contributed by atoms with Gasteiger partial charge in [-0.25, -0.2) is 13.8 Å². The summed E-state index contributed by atoms with van der Waals surface area (Å²) in [5.74, 6) is -1.71. The Kier molecular flexibility index (Phi) is 4.38. The van der Waals surface area contributed by atoms with Crippen LogP contribution in [0.4, 0.5) is 8.78 Å². The van der Waals surface area contributed by atoms with Crippen LogP contribution in [0, 0.1) is 11.6 Å². The van der Waals surface area contributed by atoms with Gasteiger partial charge in [0.1, 0.15) is 5.01 Å². The maximum atomic E-state index is 13.7. The van der Waals surface area contributed by atoms with E-state index in [-0.39, 0.29) is 10.5 Å². The number of rotatable bonds is 3. The lowest BCUT2D eigenvalue weighted by Crippen LogP contribution is -2.24. The first-order valence-electron chi connectivity index (χ1n) is 6.98. The van der Waals surface area contributed by atoms with Crippen molar-refractivity contribution in [3.63, 3.8) is 0 Å². The van der Waals surface area contributed by atoms with Gasteiger partial charge in [0.2, 0.25) is 0 Å². The lowest BCUT2D eigenvalue weighted by atomic mass is 9.97. The Morgan fingerprint density at radius 2 is 2.24 bits per heavy atom. The van der Waals surface area contributed by atoms with E-state index < -0.39 is 11.6 Å². The first kappa shape index (κ1) is 15.1. The number of hydrogen-bond acceptors (Lipinski definition) is 3. The zero-order valence-electron chi connectivity index (χ0n) is 11.5. The average Bonchev–Trinajstić information content (AvgIpc) is 2.90. The number of aryl methyl sites for hydroxylation is 1. The molecule has 0 amide bonds. The van der Waals surface area contributed by atoms with Crippen molar-refractivity contribution in [1.82, 2.24) is 10.3 Å². The molecule has 0 radical (unpaired) electrons. The highest BCUT2D eigenvalue weighted by molar-refractivity contribution is 9.10. The molecule has 1 aliphatic rings. The number of thiazole rings is 1. The maximum Gasteiger partial charge on any atom is 0.173 e. The summed E-state index contributed by atoms with van der Waals surface area (Å²) >= 11 is 4.72. The molecule has 3 rings (SSSR count). The minimum atomic E-state index is -0.857. The van der Waals surface area contributed by atoms with Crippen molar-refractivity contribution in [3.05, 3.63) is 38.8 Å². The van der Waals surface area contributed by atoms with Gasteiger partial charge < -0.3 is 5.32 Å². The van der Waals surface area contributed by atoms with E-state index in [9.17, 15) is 8.78 Å². The van der Waals surface area contributed by atoms with Crippen molar-refractivity contribution in [2.75, 3.05) is 6.54 Å². The van der Waals surface area contributed by atoms with E-state index in [1.807, 2.05) is 0 Å². The number of aromatic nitrogens is 1. The van der Waals surface area contributed by atoms with Crippen LogP contribution in [0.25, 0.3) is 10.6 Å². The Hall–Kier alpha value is -0.850. The van der Waals surface area contributed by atoms with Crippen molar-refractivity contribution in [3.8, 4) is 10.6 Å². The summed E-state index contributed by atoms with van der Waals surface area (Å²) in [5.41, 5.74) is 1.68. The Balaban J connectivity index is 2.03. The van der Waals surface area contributed by atoms with Gasteiger partial charge in [-0.3, -0.25) is 0 Å². The summed E-state index contributed by atoms with van der Waals surface area (Å²) in [7, 11) is 0. The molecular weight excluding hydrogens is 358 g/mol. The van der Waals surface area contributed by atoms with Crippen LogP contribution in [0.5, 0.6) is 0 Å². The second kappa shape index (κ2) is 6.10. The number of fused-ring (bicyclic) bond motifs is 1. The second-order valence-corrected chi connectivity index (χ2v) is 6.93. The number of nitrogens with one attached hydrogen (secondary N) is 1. The molecule has 2 aromatic rings. The number of benzene rings is 1. The van der Waals surface area contributed by atoms with Crippen molar-refractivity contribution >= 4 is 27.3 Å². The van der Waals surface area contributed by atoms with Crippen molar-refractivity contribution in [2.45, 2.75) is 32.2 Å². The molecule has 0 saturated heterocycles. The maximum absolute atomic E-state index is 13.7. The molecule has 0 spiro atoms. The van der Waals surface area contributed by atoms with Gasteiger partial charge in [0.05, 0.1) is 16.2 Å². The fourth-order valence-corrected chi connectivity index (χ4v) is 4.51. The fourth-order valence-electron chi connectivity index (χ4n) is 2.67. The molecular formula is C15H15BrF2N2S. The molecule has 1 aromatic heterocycles. The van der Waals surface area contributed by atoms with Crippen LogP contribution in [0.2, 0.25) is 0 Å². The largest absolute Gasteiger partial charge is 0.309 e. The molecule has 1 atom stereocenters. The molecule has 1 heterocycles. The Morgan fingerprint density at radius 1 is 1.43 bits per heavy atom. The summed E-state index contributed by atoms with van der Waals surface area (Å²) in [6, 6.07) is 3.00. The van der Waals surface area contributed by atoms with Crippen LogP contribution >= 0.6 is 27.3 Å². The molecule has 0 saturated carbocycles. The van der Waals surface area contributed by atoms with Gasteiger partial charge in [0.25, 0.3) is 0 Å². The van der Waals surface area contributed by atoms with E-state index in [1.54, 1.807) is 17.4 Å². The number of hydrogen-bond donors (Lipinski definition) is 1. The predicted octanol–water partition coefficient (Wildman–Crippen LogP) is 4.84. The van der Waals surface area contributed by atoms with Crippen molar-refractivity contribution < 1.29 is 8.78 Å². The third-order valence-electron chi connectivity index (χ3n) is 3.67. The van der Waals surface area contributed by atoms with E-state index in [2.05, 4.69) is 33.2 Å². The first-order chi connectivity index (χ1) is 10.1. The fraction of sp³-hybridized carbons (Fsp3) is 0.400. The van der Waals surface area contributed by atoms with Gasteiger partial charge in [0, 0.05) is 10.4 Å². The normalized spacial score (nSPS) is 17.8. The standard InChI is InChI=1S/C15H15BrF2N2S/c1-2-19-10-4-3-5-11-14(10)20-15(21-11)8-6-7-9(17)13(18)12(8)16/h6-7,10,19H,2-5H2,1H3. The third kappa shape index (κ3) is 2.76. The van der Waals surface area contributed by atoms with Crippen LogP contribution in [0.3, 0.4) is 0 Å². The van der Waals surface area contributed by atoms with Crippen LogP contribution in [0.15, 0.2) is 16.6 Å². The summed E-state index contributed by atoms with van der Waals surface area (Å²) in [5, 5.41) is 4.18. The topological polar surface area (TPSA) is 24.9 Å². The monoisotopic (exact) mass is 372 g/mol. The highest BCUT2D eigenvalue weighted by Crippen LogP contribution is 2.40. The minimum Gasteiger partial charge on any atom is -0.309 e. The van der Waals surface area contributed by atoms with Gasteiger partial charge in [-0.15, -0.1) is 11.3 Å².